The van der Waals surface area contributed by atoms with Crippen molar-refractivity contribution in [1.29, 1.82) is 0 Å². The Hall–Kier alpha value is -1.22. The van der Waals surface area contributed by atoms with Gasteiger partial charge in [0.2, 0.25) is 0 Å². The average molecular weight is 262 g/mol. The maximum Gasteiger partial charge on any atom is 0.141 e. The monoisotopic (exact) mass is 262 g/mol. The van der Waals surface area contributed by atoms with Crippen LogP contribution in [-0.2, 0) is 6.54 Å². The zero-order valence-corrected chi connectivity index (χ0v) is 12.2. The first-order valence-corrected chi connectivity index (χ1v) is 7.33. The number of methoxy groups -OCH3 is 1. The van der Waals surface area contributed by atoms with Gasteiger partial charge in [-0.05, 0) is 37.6 Å². The van der Waals surface area contributed by atoms with Crippen molar-refractivity contribution in [3.05, 3.63) is 23.8 Å². The second-order valence-corrected chi connectivity index (χ2v) is 5.64. The molecule has 0 radical (unpaired) electrons. The van der Waals surface area contributed by atoms with Gasteiger partial charge in [-0.1, -0.05) is 31.7 Å². The van der Waals surface area contributed by atoms with Crippen molar-refractivity contribution >= 4 is 5.69 Å². The minimum Gasteiger partial charge on any atom is -0.495 e. The second kappa shape index (κ2) is 6.80. The van der Waals surface area contributed by atoms with E-state index in [4.69, 9.17) is 10.5 Å². The van der Waals surface area contributed by atoms with Crippen molar-refractivity contribution in [1.82, 2.24) is 4.90 Å². The number of ether oxygens (including phenoxy) is 1. The predicted octanol–water partition coefficient (Wildman–Crippen LogP) is 3.43. The van der Waals surface area contributed by atoms with Crippen LogP contribution in [0.3, 0.4) is 0 Å². The van der Waals surface area contributed by atoms with Crippen molar-refractivity contribution in [3.8, 4) is 5.75 Å². The Kier molecular flexibility index (Phi) is 5.08. The Bertz CT molecular complexity index is 398. The molecule has 1 aromatic carbocycles. The van der Waals surface area contributed by atoms with Crippen LogP contribution in [0.25, 0.3) is 0 Å². The summed E-state index contributed by atoms with van der Waals surface area (Å²) in [6.45, 7) is 0.971. The number of anilines is 1. The topological polar surface area (TPSA) is 38.5 Å². The number of nitrogen functional groups attached to an aromatic ring is 1. The van der Waals surface area contributed by atoms with Gasteiger partial charge in [-0.25, -0.2) is 0 Å². The summed E-state index contributed by atoms with van der Waals surface area (Å²) in [5, 5.41) is 0. The molecule has 0 amide bonds. The molecule has 0 bridgehead atoms. The number of nitrogens with two attached hydrogens (primary N) is 1. The third-order valence-electron chi connectivity index (χ3n) is 4.17. The molecule has 0 atom stereocenters. The Morgan fingerprint density at radius 2 is 1.89 bits per heavy atom. The summed E-state index contributed by atoms with van der Waals surface area (Å²) in [7, 11) is 3.89. The molecule has 106 valence electrons. The van der Waals surface area contributed by atoms with Gasteiger partial charge in [0.05, 0.1) is 12.8 Å². The molecule has 3 nitrogen and oxygen atoms in total. The lowest BCUT2D eigenvalue weighted by molar-refractivity contribution is 0.213. The zero-order chi connectivity index (χ0) is 13.7. The maximum absolute atomic E-state index is 5.97. The highest BCUT2D eigenvalue weighted by molar-refractivity contribution is 5.54. The number of hydrogen-bond acceptors (Lipinski definition) is 3. The van der Waals surface area contributed by atoms with Gasteiger partial charge in [0, 0.05) is 12.6 Å². The molecule has 1 saturated carbocycles. The summed E-state index contributed by atoms with van der Waals surface area (Å²) in [5.41, 5.74) is 7.97. The maximum atomic E-state index is 5.97. The highest BCUT2D eigenvalue weighted by atomic mass is 16.5. The van der Waals surface area contributed by atoms with E-state index < -0.39 is 0 Å². The normalized spacial score (nSPS) is 17.4. The molecular formula is C16H26N2O. The first kappa shape index (κ1) is 14.2. The summed E-state index contributed by atoms with van der Waals surface area (Å²) in [6.07, 6.45) is 8.23. The first-order valence-electron chi connectivity index (χ1n) is 7.33. The Balaban J connectivity index is 1.97. The van der Waals surface area contributed by atoms with Crippen LogP contribution in [0, 0.1) is 0 Å². The first-order chi connectivity index (χ1) is 9.20. The molecule has 1 aliphatic carbocycles. The molecule has 0 saturated heterocycles. The van der Waals surface area contributed by atoms with Gasteiger partial charge in [0.1, 0.15) is 5.75 Å². The van der Waals surface area contributed by atoms with E-state index >= 15 is 0 Å². The number of benzene rings is 1. The Morgan fingerprint density at radius 3 is 2.47 bits per heavy atom. The molecule has 1 aliphatic rings. The molecule has 0 heterocycles. The van der Waals surface area contributed by atoms with E-state index in [9.17, 15) is 0 Å². The van der Waals surface area contributed by atoms with Crippen LogP contribution in [0.15, 0.2) is 18.2 Å². The summed E-state index contributed by atoms with van der Waals surface area (Å²) < 4.78 is 5.20. The van der Waals surface area contributed by atoms with Crippen LogP contribution in [0.1, 0.15) is 44.1 Å². The van der Waals surface area contributed by atoms with Crippen LogP contribution in [0.2, 0.25) is 0 Å². The highest BCUT2D eigenvalue weighted by Crippen LogP contribution is 2.25. The fourth-order valence-electron chi connectivity index (χ4n) is 3.00. The molecule has 0 spiro atoms. The molecule has 3 heteroatoms. The molecule has 0 aromatic heterocycles. The van der Waals surface area contributed by atoms with Crippen LogP contribution in [0.5, 0.6) is 5.75 Å². The summed E-state index contributed by atoms with van der Waals surface area (Å²) in [4.78, 5) is 2.48. The van der Waals surface area contributed by atoms with Crippen molar-refractivity contribution in [3.63, 3.8) is 0 Å². The smallest absolute Gasteiger partial charge is 0.141 e. The van der Waals surface area contributed by atoms with Crippen LogP contribution in [-0.4, -0.2) is 25.1 Å². The van der Waals surface area contributed by atoms with Gasteiger partial charge in [-0.15, -0.1) is 0 Å². The standard InChI is InChI=1S/C16H26N2O/c1-18(14-7-5-3-4-6-8-14)12-13-9-10-16(19-2)15(17)11-13/h9-11,14H,3-8,12,17H2,1-2H3. The minimum absolute atomic E-state index is 0.728. The van der Waals surface area contributed by atoms with E-state index in [0.717, 1.165) is 24.0 Å². The lowest BCUT2D eigenvalue weighted by Crippen LogP contribution is -2.30. The van der Waals surface area contributed by atoms with Crippen LogP contribution >= 0.6 is 0 Å². The van der Waals surface area contributed by atoms with E-state index in [-0.39, 0.29) is 0 Å². The predicted molar refractivity (Wildman–Crippen MR) is 80.4 cm³/mol. The van der Waals surface area contributed by atoms with E-state index in [1.54, 1.807) is 7.11 Å². The van der Waals surface area contributed by atoms with Gasteiger partial charge in [0.25, 0.3) is 0 Å². The average Bonchev–Trinajstić information content (AvgIpc) is 2.68. The molecule has 0 aliphatic heterocycles. The fraction of sp³-hybridized carbons (Fsp3) is 0.625. The van der Waals surface area contributed by atoms with Crippen molar-refractivity contribution in [2.24, 2.45) is 0 Å². The van der Waals surface area contributed by atoms with E-state index in [0.29, 0.717) is 0 Å². The largest absolute Gasteiger partial charge is 0.495 e. The molecule has 19 heavy (non-hydrogen) atoms. The van der Waals surface area contributed by atoms with E-state index in [1.165, 1.54) is 44.1 Å². The van der Waals surface area contributed by atoms with Crippen molar-refractivity contribution in [2.45, 2.75) is 51.1 Å². The highest BCUT2D eigenvalue weighted by Gasteiger charge is 2.17. The molecule has 1 fully saturated rings. The molecule has 1 aromatic rings. The lowest BCUT2D eigenvalue weighted by Gasteiger charge is -2.27. The van der Waals surface area contributed by atoms with Gasteiger partial charge < -0.3 is 10.5 Å². The third kappa shape index (κ3) is 3.87. The summed E-state index contributed by atoms with van der Waals surface area (Å²) in [5.74, 6) is 0.765. The minimum atomic E-state index is 0.728. The second-order valence-electron chi connectivity index (χ2n) is 5.64. The van der Waals surface area contributed by atoms with E-state index in [1.807, 2.05) is 12.1 Å². The summed E-state index contributed by atoms with van der Waals surface area (Å²) >= 11 is 0. The fourth-order valence-corrected chi connectivity index (χ4v) is 3.00. The molecular weight excluding hydrogens is 236 g/mol. The van der Waals surface area contributed by atoms with Gasteiger partial charge in [0.15, 0.2) is 0 Å². The molecule has 2 N–H and O–H groups in total. The number of rotatable bonds is 4. The van der Waals surface area contributed by atoms with Gasteiger partial charge >= 0.3 is 0 Å². The van der Waals surface area contributed by atoms with E-state index in [2.05, 4.69) is 18.0 Å². The van der Waals surface area contributed by atoms with Crippen molar-refractivity contribution < 1.29 is 4.74 Å². The lowest BCUT2D eigenvalue weighted by atomic mass is 10.1. The Labute approximate surface area is 116 Å². The van der Waals surface area contributed by atoms with Gasteiger partial charge in [-0.2, -0.15) is 0 Å². The van der Waals surface area contributed by atoms with Gasteiger partial charge in [-0.3, -0.25) is 4.90 Å². The number of hydrogen-bond donors (Lipinski definition) is 1. The Morgan fingerprint density at radius 1 is 1.21 bits per heavy atom. The molecule has 2 rings (SSSR count). The number of nitrogens with zero attached hydrogens (tertiary/aromatic N) is 1. The zero-order valence-electron chi connectivity index (χ0n) is 12.2. The SMILES string of the molecule is COc1ccc(CN(C)C2CCCCCC2)cc1N. The van der Waals surface area contributed by atoms with Crippen molar-refractivity contribution in [2.75, 3.05) is 19.9 Å². The summed E-state index contributed by atoms with van der Waals surface area (Å²) in [6, 6.07) is 6.84. The quantitative estimate of drug-likeness (QED) is 0.667. The van der Waals surface area contributed by atoms with Crippen LogP contribution < -0.4 is 10.5 Å². The molecule has 0 unspecified atom stereocenters. The third-order valence-corrected chi connectivity index (χ3v) is 4.17. The van der Waals surface area contributed by atoms with Crippen LogP contribution in [0.4, 0.5) is 5.69 Å².